The fourth-order valence-corrected chi connectivity index (χ4v) is 2.74. The molecule has 0 aliphatic heterocycles. The number of nitrogens with zero attached hydrogens (tertiary/aromatic N) is 2. The predicted molar refractivity (Wildman–Crippen MR) is 98.6 cm³/mol. The molecule has 2 heterocycles. The Bertz CT molecular complexity index is 1120. The number of benzene rings is 2. The summed E-state index contributed by atoms with van der Waals surface area (Å²) in [5, 5.41) is 12.5. The third kappa shape index (κ3) is 2.92. The van der Waals surface area contributed by atoms with Crippen LogP contribution >= 0.6 is 0 Å². The number of carbonyl (C=O) groups excluding carboxylic acids is 1. The van der Waals surface area contributed by atoms with Gasteiger partial charge in [-0.15, -0.1) is 0 Å². The molecule has 0 aliphatic rings. The molecule has 0 fully saturated rings. The molecular formula is C21H13N3O2. The van der Waals surface area contributed by atoms with Crippen molar-refractivity contribution in [1.29, 1.82) is 5.26 Å². The molecule has 0 spiro atoms. The molecule has 0 radical (unpaired) electrons. The lowest BCUT2D eigenvalue weighted by atomic mass is 10.1. The van der Waals surface area contributed by atoms with Crippen LogP contribution in [0.1, 0.15) is 15.9 Å². The molecule has 0 aliphatic carbocycles. The monoisotopic (exact) mass is 339 g/mol. The van der Waals surface area contributed by atoms with Crippen LogP contribution in [0.15, 0.2) is 77.4 Å². The first-order valence-electron chi connectivity index (χ1n) is 8.00. The number of carbonyl (C=O) groups is 1. The molecule has 2 aromatic heterocycles. The summed E-state index contributed by atoms with van der Waals surface area (Å²) >= 11 is 0. The average molecular weight is 339 g/mol. The second-order valence-corrected chi connectivity index (χ2v) is 5.69. The van der Waals surface area contributed by atoms with E-state index in [0.717, 1.165) is 5.39 Å². The number of amides is 1. The van der Waals surface area contributed by atoms with Crippen LogP contribution in [0, 0.1) is 11.3 Å². The largest absolute Gasteiger partial charge is 0.463 e. The number of nitriles is 1. The lowest BCUT2D eigenvalue weighted by molar-refractivity contribution is 0.102. The SMILES string of the molecule is N#Cc1ccc(NC(=O)c2cc(-c3ccco3)nc3ccccc23)cc1. The van der Waals surface area contributed by atoms with Gasteiger partial charge in [0.25, 0.3) is 5.91 Å². The standard InChI is InChI=1S/C21H13N3O2/c22-13-14-7-9-15(10-8-14)23-21(25)17-12-19(20-6-3-11-26-20)24-18-5-2-1-4-16(17)18/h1-12H,(H,23,25). The second-order valence-electron chi connectivity index (χ2n) is 5.69. The summed E-state index contributed by atoms with van der Waals surface area (Å²) in [6.45, 7) is 0. The number of furan rings is 1. The third-order valence-corrected chi connectivity index (χ3v) is 4.01. The van der Waals surface area contributed by atoms with E-state index >= 15 is 0 Å². The molecule has 5 heteroatoms. The zero-order chi connectivity index (χ0) is 17.9. The summed E-state index contributed by atoms with van der Waals surface area (Å²) in [6, 6.07) is 21.6. The van der Waals surface area contributed by atoms with Crippen LogP contribution in [0.25, 0.3) is 22.4 Å². The molecule has 2 aromatic carbocycles. The van der Waals surface area contributed by atoms with Crippen LogP contribution in [0.3, 0.4) is 0 Å². The van der Waals surface area contributed by atoms with Crippen LogP contribution in [-0.4, -0.2) is 10.9 Å². The van der Waals surface area contributed by atoms with Crippen LogP contribution in [0.5, 0.6) is 0 Å². The molecule has 5 nitrogen and oxygen atoms in total. The van der Waals surface area contributed by atoms with Gasteiger partial charge in [-0.05, 0) is 48.5 Å². The molecule has 0 bridgehead atoms. The number of fused-ring (bicyclic) bond motifs is 1. The highest BCUT2D eigenvalue weighted by atomic mass is 16.3. The van der Waals surface area contributed by atoms with Crippen molar-refractivity contribution in [3.8, 4) is 17.5 Å². The van der Waals surface area contributed by atoms with Gasteiger partial charge in [-0.25, -0.2) is 4.98 Å². The average Bonchev–Trinajstić information content (AvgIpc) is 3.22. The normalized spacial score (nSPS) is 10.4. The van der Waals surface area contributed by atoms with Crippen molar-refractivity contribution in [2.24, 2.45) is 0 Å². The van der Waals surface area contributed by atoms with Crippen LogP contribution in [-0.2, 0) is 0 Å². The molecule has 0 unspecified atom stereocenters. The van der Waals surface area contributed by atoms with Gasteiger partial charge in [0.1, 0.15) is 5.69 Å². The second kappa shape index (κ2) is 6.54. The zero-order valence-electron chi connectivity index (χ0n) is 13.6. The Morgan fingerprint density at radius 3 is 2.58 bits per heavy atom. The van der Waals surface area contributed by atoms with Crippen molar-refractivity contribution in [2.75, 3.05) is 5.32 Å². The van der Waals surface area contributed by atoms with Crippen molar-refractivity contribution in [3.05, 3.63) is 84.1 Å². The maximum atomic E-state index is 12.9. The van der Waals surface area contributed by atoms with E-state index in [9.17, 15) is 4.79 Å². The Morgan fingerprint density at radius 2 is 1.85 bits per heavy atom. The number of aromatic nitrogens is 1. The first-order valence-corrected chi connectivity index (χ1v) is 8.00. The van der Waals surface area contributed by atoms with Gasteiger partial charge in [0.05, 0.1) is 29.0 Å². The first kappa shape index (κ1) is 15.6. The highest BCUT2D eigenvalue weighted by Gasteiger charge is 2.15. The number of hydrogen-bond acceptors (Lipinski definition) is 4. The fourth-order valence-electron chi connectivity index (χ4n) is 2.74. The molecule has 1 N–H and O–H groups in total. The van der Waals surface area contributed by atoms with Gasteiger partial charge >= 0.3 is 0 Å². The van der Waals surface area contributed by atoms with Gasteiger partial charge in [0.15, 0.2) is 5.76 Å². The number of pyridine rings is 1. The molecule has 124 valence electrons. The van der Waals surface area contributed by atoms with Crippen molar-refractivity contribution >= 4 is 22.5 Å². The lowest BCUT2D eigenvalue weighted by Gasteiger charge is -2.10. The quantitative estimate of drug-likeness (QED) is 0.591. The van der Waals surface area contributed by atoms with E-state index in [1.807, 2.05) is 24.3 Å². The van der Waals surface area contributed by atoms with Gasteiger partial charge in [-0.3, -0.25) is 4.79 Å². The van der Waals surface area contributed by atoms with Crippen molar-refractivity contribution in [3.63, 3.8) is 0 Å². The topological polar surface area (TPSA) is 78.9 Å². The number of para-hydroxylation sites is 1. The van der Waals surface area contributed by atoms with E-state index < -0.39 is 0 Å². The van der Waals surface area contributed by atoms with E-state index in [1.54, 1.807) is 48.7 Å². The van der Waals surface area contributed by atoms with E-state index in [1.165, 1.54) is 0 Å². The van der Waals surface area contributed by atoms with Gasteiger partial charge < -0.3 is 9.73 Å². The predicted octanol–water partition coefficient (Wildman–Crippen LogP) is 4.62. The minimum Gasteiger partial charge on any atom is -0.463 e. The molecule has 0 atom stereocenters. The van der Waals surface area contributed by atoms with Gasteiger partial charge in [-0.2, -0.15) is 5.26 Å². The van der Waals surface area contributed by atoms with Crippen LogP contribution < -0.4 is 5.32 Å². The smallest absolute Gasteiger partial charge is 0.256 e. The van der Waals surface area contributed by atoms with Crippen molar-refractivity contribution < 1.29 is 9.21 Å². The number of nitrogens with one attached hydrogen (secondary N) is 1. The number of anilines is 1. The van der Waals surface area contributed by atoms with E-state index in [0.29, 0.717) is 33.8 Å². The van der Waals surface area contributed by atoms with E-state index in [2.05, 4.69) is 16.4 Å². The Labute approximate surface area is 149 Å². The Morgan fingerprint density at radius 1 is 1.04 bits per heavy atom. The maximum Gasteiger partial charge on any atom is 0.256 e. The van der Waals surface area contributed by atoms with Crippen LogP contribution in [0.2, 0.25) is 0 Å². The van der Waals surface area contributed by atoms with E-state index in [4.69, 9.17) is 9.68 Å². The summed E-state index contributed by atoms with van der Waals surface area (Å²) in [5.74, 6) is 0.351. The first-order chi connectivity index (χ1) is 12.7. The van der Waals surface area contributed by atoms with Gasteiger partial charge in [0, 0.05) is 11.1 Å². The molecular weight excluding hydrogens is 326 g/mol. The maximum absolute atomic E-state index is 12.9. The summed E-state index contributed by atoms with van der Waals surface area (Å²) in [6.07, 6.45) is 1.57. The lowest BCUT2D eigenvalue weighted by Crippen LogP contribution is -2.13. The molecule has 0 saturated heterocycles. The summed E-state index contributed by atoms with van der Waals surface area (Å²) in [4.78, 5) is 17.5. The van der Waals surface area contributed by atoms with E-state index in [-0.39, 0.29) is 5.91 Å². The third-order valence-electron chi connectivity index (χ3n) is 4.01. The Kier molecular flexibility index (Phi) is 3.92. The molecule has 26 heavy (non-hydrogen) atoms. The minimum absolute atomic E-state index is 0.249. The number of rotatable bonds is 3. The van der Waals surface area contributed by atoms with Crippen LogP contribution in [0.4, 0.5) is 5.69 Å². The Hall–Kier alpha value is -3.91. The molecule has 0 saturated carbocycles. The Balaban J connectivity index is 1.76. The fraction of sp³-hybridized carbons (Fsp3) is 0. The number of hydrogen-bond donors (Lipinski definition) is 1. The summed E-state index contributed by atoms with van der Waals surface area (Å²) < 4.78 is 5.42. The molecule has 4 rings (SSSR count). The minimum atomic E-state index is -0.249. The van der Waals surface area contributed by atoms with Crippen molar-refractivity contribution in [2.45, 2.75) is 0 Å². The highest BCUT2D eigenvalue weighted by molar-refractivity contribution is 6.13. The molecule has 4 aromatic rings. The zero-order valence-corrected chi connectivity index (χ0v) is 13.6. The summed E-state index contributed by atoms with van der Waals surface area (Å²) in [7, 11) is 0. The highest BCUT2D eigenvalue weighted by Crippen LogP contribution is 2.26. The summed E-state index contributed by atoms with van der Waals surface area (Å²) in [5.41, 5.74) is 2.98. The van der Waals surface area contributed by atoms with Gasteiger partial charge in [-0.1, -0.05) is 18.2 Å². The molecule has 1 amide bonds. The van der Waals surface area contributed by atoms with Gasteiger partial charge in [0.2, 0.25) is 0 Å². The van der Waals surface area contributed by atoms with Crippen molar-refractivity contribution in [1.82, 2.24) is 4.98 Å².